The van der Waals surface area contributed by atoms with Gasteiger partial charge in [0.2, 0.25) is 0 Å². The van der Waals surface area contributed by atoms with Crippen molar-refractivity contribution in [2.75, 3.05) is 0 Å². The van der Waals surface area contributed by atoms with Gasteiger partial charge in [-0.15, -0.1) is 0 Å². The predicted molar refractivity (Wildman–Crippen MR) is 67.4 cm³/mol. The SMILES string of the molecule is CCn1ccnc1C(N)CCc1ccccn1. The lowest BCUT2D eigenvalue weighted by Gasteiger charge is -2.12. The van der Waals surface area contributed by atoms with Gasteiger partial charge in [-0.05, 0) is 31.9 Å². The van der Waals surface area contributed by atoms with Gasteiger partial charge in [0, 0.05) is 30.8 Å². The van der Waals surface area contributed by atoms with Crippen molar-refractivity contribution < 1.29 is 0 Å². The first-order valence-electron chi connectivity index (χ1n) is 5.97. The smallest absolute Gasteiger partial charge is 0.125 e. The van der Waals surface area contributed by atoms with E-state index < -0.39 is 0 Å². The van der Waals surface area contributed by atoms with Gasteiger partial charge in [-0.3, -0.25) is 4.98 Å². The fourth-order valence-corrected chi connectivity index (χ4v) is 1.90. The number of rotatable bonds is 5. The average molecular weight is 230 g/mol. The van der Waals surface area contributed by atoms with Crippen LogP contribution < -0.4 is 5.73 Å². The zero-order valence-corrected chi connectivity index (χ0v) is 10.1. The number of hydrogen-bond acceptors (Lipinski definition) is 3. The molecule has 0 saturated heterocycles. The molecule has 1 unspecified atom stereocenters. The van der Waals surface area contributed by atoms with E-state index in [0.717, 1.165) is 30.9 Å². The Kier molecular flexibility index (Phi) is 3.88. The molecule has 2 aromatic rings. The number of nitrogens with two attached hydrogens (primary N) is 1. The van der Waals surface area contributed by atoms with E-state index in [-0.39, 0.29) is 6.04 Å². The third kappa shape index (κ3) is 2.91. The van der Waals surface area contributed by atoms with Gasteiger partial charge in [-0.1, -0.05) is 6.07 Å². The molecule has 2 aromatic heterocycles. The van der Waals surface area contributed by atoms with Gasteiger partial charge < -0.3 is 10.3 Å². The molecule has 0 saturated carbocycles. The second kappa shape index (κ2) is 5.59. The van der Waals surface area contributed by atoms with E-state index in [0.29, 0.717) is 0 Å². The van der Waals surface area contributed by atoms with Crippen LogP contribution in [0.3, 0.4) is 0 Å². The minimum Gasteiger partial charge on any atom is -0.334 e. The molecule has 0 amide bonds. The number of nitrogens with zero attached hydrogens (tertiary/aromatic N) is 3. The summed E-state index contributed by atoms with van der Waals surface area (Å²) in [6, 6.07) is 5.93. The lowest BCUT2D eigenvalue weighted by atomic mass is 10.1. The molecule has 0 radical (unpaired) electrons. The quantitative estimate of drug-likeness (QED) is 0.854. The Labute approximate surface area is 102 Å². The first-order valence-corrected chi connectivity index (χ1v) is 5.97. The van der Waals surface area contributed by atoms with Crippen LogP contribution in [0.2, 0.25) is 0 Å². The fraction of sp³-hybridized carbons (Fsp3) is 0.385. The first kappa shape index (κ1) is 11.8. The lowest BCUT2D eigenvalue weighted by molar-refractivity contribution is 0.563. The number of hydrogen-bond donors (Lipinski definition) is 1. The summed E-state index contributed by atoms with van der Waals surface area (Å²) in [6.07, 6.45) is 7.34. The van der Waals surface area contributed by atoms with E-state index in [1.165, 1.54) is 0 Å². The van der Waals surface area contributed by atoms with Crippen LogP contribution >= 0.6 is 0 Å². The molecule has 2 heterocycles. The number of aromatic nitrogens is 3. The lowest BCUT2D eigenvalue weighted by Crippen LogP contribution is -2.17. The molecule has 0 aromatic carbocycles. The van der Waals surface area contributed by atoms with Crippen LogP contribution in [0.25, 0.3) is 0 Å². The van der Waals surface area contributed by atoms with Crippen molar-refractivity contribution in [1.82, 2.24) is 14.5 Å². The van der Waals surface area contributed by atoms with Crippen molar-refractivity contribution in [2.45, 2.75) is 32.4 Å². The van der Waals surface area contributed by atoms with Crippen molar-refractivity contribution in [2.24, 2.45) is 5.73 Å². The molecule has 1 atom stereocenters. The van der Waals surface area contributed by atoms with Gasteiger partial charge in [0.25, 0.3) is 0 Å². The highest BCUT2D eigenvalue weighted by Gasteiger charge is 2.11. The van der Waals surface area contributed by atoms with E-state index >= 15 is 0 Å². The summed E-state index contributed by atoms with van der Waals surface area (Å²) in [6.45, 7) is 3.00. The maximum absolute atomic E-state index is 6.15. The van der Waals surface area contributed by atoms with E-state index in [1.807, 2.05) is 30.6 Å². The summed E-state index contributed by atoms with van der Waals surface area (Å²) in [5.41, 5.74) is 7.23. The zero-order valence-electron chi connectivity index (χ0n) is 10.1. The maximum Gasteiger partial charge on any atom is 0.125 e. The Morgan fingerprint density at radius 3 is 2.88 bits per heavy atom. The van der Waals surface area contributed by atoms with Crippen LogP contribution in [0.15, 0.2) is 36.8 Å². The number of imidazole rings is 1. The molecule has 0 aliphatic carbocycles. The topological polar surface area (TPSA) is 56.7 Å². The van der Waals surface area contributed by atoms with E-state index in [4.69, 9.17) is 5.73 Å². The van der Waals surface area contributed by atoms with Crippen LogP contribution in [0.5, 0.6) is 0 Å². The normalized spacial score (nSPS) is 12.6. The highest BCUT2D eigenvalue weighted by molar-refractivity contribution is 5.05. The molecule has 0 aliphatic rings. The van der Waals surface area contributed by atoms with E-state index in [2.05, 4.69) is 21.5 Å². The molecule has 4 nitrogen and oxygen atoms in total. The van der Waals surface area contributed by atoms with Gasteiger partial charge >= 0.3 is 0 Å². The minimum absolute atomic E-state index is 0.0213. The Morgan fingerprint density at radius 2 is 2.18 bits per heavy atom. The molecule has 0 spiro atoms. The molecule has 2 N–H and O–H groups in total. The molecule has 4 heteroatoms. The van der Waals surface area contributed by atoms with Crippen molar-refractivity contribution in [1.29, 1.82) is 0 Å². The van der Waals surface area contributed by atoms with Crippen LogP contribution in [0, 0.1) is 0 Å². The zero-order chi connectivity index (χ0) is 12.1. The molecule has 0 bridgehead atoms. The van der Waals surface area contributed by atoms with E-state index in [9.17, 15) is 0 Å². The largest absolute Gasteiger partial charge is 0.334 e. The summed E-state index contributed by atoms with van der Waals surface area (Å²) in [5, 5.41) is 0. The Bertz CT molecular complexity index is 449. The van der Waals surface area contributed by atoms with Crippen molar-refractivity contribution in [3.8, 4) is 0 Å². The van der Waals surface area contributed by atoms with Gasteiger partial charge in [-0.25, -0.2) is 4.98 Å². The summed E-state index contributed by atoms with van der Waals surface area (Å²) in [7, 11) is 0. The summed E-state index contributed by atoms with van der Waals surface area (Å²) in [4.78, 5) is 8.61. The highest BCUT2D eigenvalue weighted by Crippen LogP contribution is 2.14. The van der Waals surface area contributed by atoms with Crippen LogP contribution in [0.4, 0.5) is 0 Å². The number of aryl methyl sites for hydroxylation is 2. The van der Waals surface area contributed by atoms with Gasteiger partial charge in [0.1, 0.15) is 5.82 Å². The molecular weight excluding hydrogens is 212 g/mol. The molecule has 90 valence electrons. The molecule has 0 aliphatic heterocycles. The second-order valence-electron chi connectivity index (χ2n) is 4.04. The summed E-state index contributed by atoms with van der Waals surface area (Å²) in [5.74, 6) is 0.962. The van der Waals surface area contributed by atoms with Crippen molar-refractivity contribution in [3.05, 3.63) is 48.3 Å². The Morgan fingerprint density at radius 1 is 1.29 bits per heavy atom. The minimum atomic E-state index is -0.0213. The number of pyridine rings is 1. The molecule has 2 rings (SSSR count). The summed E-state index contributed by atoms with van der Waals surface area (Å²) >= 11 is 0. The van der Waals surface area contributed by atoms with Crippen molar-refractivity contribution >= 4 is 0 Å². The Hall–Kier alpha value is -1.68. The van der Waals surface area contributed by atoms with Crippen LogP contribution in [-0.4, -0.2) is 14.5 Å². The monoisotopic (exact) mass is 230 g/mol. The molecule has 0 fully saturated rings. The fourth-order valence-electron chi connectivity index (χ4n) is 1.90. The van der Waals surface area contributed by atoms with E-state index in [1.54, 1.807) is 6.20 Å². The second-order valence-corrected chi connectivity index (χ2v) is 4.04. The summed E-state index contributed by atoms with van der Waals surface area (Å²) < 4.78 is 2.09. The third-order valence-electron chi connectivity index (χ3n) is 2.86. The van der Waals surface area contributed by atoms with Gasteiger partial charge in [-0.2, -0.15) is 0 Å². The Balaban J connectivity index is 1.96. The van der Waals surface area contributed by atoms with Crippen LogP contribution in [-0.2, 0) is 13.0 Å². The maximum atomic E-state index is 6.15. The van der Waals surface area contributed by atoms with Crippen LogP contribution in [0.1, 0.15) is 30.9 Å². The molecule has 17 heavy (non-hydrogen) atoms. The molecular formula is C13H18N4. The highest BCUT2D eigenvalue weighted by atomic mass is 15.1. The van der Waals surface area contributed by atoms with Crippen molar-refractivity contribution in [3.63, 3.8) is 0 Å². The first-order chi connectivity index (χ1) is 8.31. The predicted octanol–water partition coefficient (Wildman–Crippen LogP) is 1.93. The standard InChI is InChI=1S/C13H18N4/c1-2-17-10-9-16-13(17)12(14)7-6-11-5-3-4-8-15-11/h3-5,8-10,12H,2,6-7,14H2,1H3. The third-order valence-corrected chi connectivity index (χ3v) is 2.86. The average Bonchev–Trinajstić information content (AvgIpc) is 2.85. The van der Waals surface area contributed by atoms with Gasteiger partial charge in [0.05, 0.1) is 6.04 Å². The van der Waals surface area contributed by atoms with Gasteiger partial charge in [0.15, 0.2) is 0 Å².